The number of rotatable bonds is 5. The number of carbonyl (C=O) groups excluding carboxylic acids is 2. The van der Waals surface area contributed by atoms with E-state index in [-0.39, 0.29) is 11.8 Å². The van der Waals surface area contributed by atoms with Gasteiger partial charge in [-0.25, -0.2) is 4.98 Å². The molecular weight excluding hydrogens is 396 g/mol. The zero-order valence-electron chi connectivity index (χ0n) is 18.3. The van der Waals surface area contributed by atoms with Crippen molar-refractivity contribution in [2.45, 2.75) is 51.4 Å². The Labute approximate surface area is 182 Å². The lowest BCUT2D eigenvalue weighted by Crippen LogP contribution is -2.54. The Morgan fingerprint density at radius 3 is 2.81 bits per heavy atom. The van der Waals surface area contributed by atoms with Crippen molar-refractivity contribution in [3.63, 3.8) is 0 Å². The molecule has 2 aromatic rings. The molecule has 8 nitrogen and oxygen atoms in total. The van der Waals surface area contributed by atoms with Crippen molar-refractivity contribution in [3.8, 4) is 5.75 Å². The van der Waals surface area contributed by atoms with E-state index in [0.717, 1.165) is 5.82 Å². The minimum absolute atomic E-state index is 0.177. The van der Waals surface area contributed by atoms with Gasteiger partial charge < -0.3 is 24.3 Å². The molecule has 1 spiro atoms. The van der Waals surface area contributed by atoms with Gasteiger partial charge in [0.1, 0.15) is 17.2 Å². The normalized spacial score (nSPS) is 19.9. The molecule has 1 saturated heterocycles. The fourth-order valence-corrected chi connectivity index (χ4v) is 4.39. The fraction of sp³-hybridized carbons (Fsp3) is 0.522. The van der Waals surface area contributed by atoms with Crippen LogP contribution in [0.4, 0.5) is 5.69 Å². The largest absolute Gasteiger partial charge is 0.497 e. The van der Waals surface area contributed by atoms with Crippen LogP contribution in [0.2, 0.25) is 0 Å². The Morgan fingerprint density at radius 2 is 2.10 bits per heavy atom. The summed E-state index contributed by atoms with van der Waals surface area (Å²) in [5, 5.41) is 2.94. The van der Waals surface area contributed by atoms with Crippen LogP contribution in [0.15, 0.2) is 36.7 Å². The fourth-order valence-electron chi connectivity index (χ4n) is 4.39. The van der Waals surface area contributed by atoms with Gasteiger partial charge >= 0.3 is 0 Å². The molecule has 1 atom stereocenters. The van der Waals surface area contributed by atoms with Gasteiger partial charge in [-0.05, 0) is 18.1 Å². The number of hydrogen-bond acceptors (Lipinski definition) is 5. The maximum atomic E-state index is 13.0. The quantitative estimate of drug-likeness (QED) is 0.795. The third-order valence-electron chi connectivity index (χ3n) is 5.99. The van der Waals surface area contributed by atoms with E-state index in [0.29, 0.717) is 56.3 Å². The summed E-state index contributed by atoms with van der Waals surface area (Å²) in [5.41, 5.74) is -0.000225. The molecule has 1 N–H and O–H groups in total. The highest BCUT2D eigenvalue weighted by Crippen LogP contribution is 2.40. The summed E-state index contributed by atoms with van der Waals surface area (Å²) in [4.78, 5) is 32.0. The molecule has 1 aromatic carbocycles. The zero-order chi connectivity index (χ0) is 22.0. The maximum Gasteiger partial charge on any atom is 0.255 e. The Kier molecular flexibility index (Phi) is 6.00. The molecule has 0 bridgehead atoms. The molecule has 3 heterocycles. The number of anilines is 1. The molecule has 4 rings (SSSR count). The van der Waals surface area contributed by atoms with Gasteiger partial charge in [-0.1, -0.05) is 19.9 Å². The number of aromatic nitrogens is 2. The molecule has 0 saturated carbocycles. The molecule has 0 unspecified atom stereocenters. The van der Waals surface area contributed by atoms with Gasteiger partial charge in [0.25, 0.3) is 5.91 Å². The number of piperidine rings is 1. The monoisotopic (exact) mass is 426 g/mol. The van der Waals surface area contributed by atoms with E-state index in [4.69, 9.17) is 9.47 Å². The number of fused-ring (bicyclic) bond motifs is 2. The van der Waals surface area contributed by atoms with Crippen molar-refractivity contribution in [1.82, 2.24) is 14.5 Å². The number of amides is 2. The molecule has 8 heteroatoms. The third kappa shape index (κ3) is 4.44. The van der Waals surface area contributed by atoms with Gasteiger partial charge in [-0.15, -0.1) is 0 Å². The molecule has 0 aliphatic carbocycles. The molecule has 2 aliphatic heterocycles. The summed E-state index contributed by atoms with van der Waals surface area (Å²) in [6, 6.07) is 7.25. The first-order valence-corrected chi connectivity index (χ1v) is 10.8. The van der Waals surface area contributed by atoms with Crippen molar-refractivity contribution in [3.05, 3.63) is 42.5 Å². The van der Waals surface area contributed by atoms with Crippen LogP contribution in [0.25, 0.3) is 0 Å². The molecule has 166 valence electrons. The lowest BCUT2D eigenvalue weighted by Gasteiger charge is -2.45. The second kappa shape index (κ2) is 8.70. The summed E-state index contributed by atoms with van der Waals surface area (Å²) in [7, 11) is 1.59. The van der Waals surface area contributed by atoms with Gasteiger partial charge in [-0.2, -0.15) is 0 Å². The van der Waals surface area contributed by atoms with E-state index in [1.54, 1.807) is 19.4 Å². The smallest absolute Gasteiger partial charge is 0.255 e. The van der Waals surface area contributed by atoms with Crippen molar-refractivity contribution in [1.29, 1.82) is 0 Å². The molecular formula is C23H30N4O4. The van der Waals surface area contributed by atoms with E-state index in [2.05, 4.69) is 24.1 Å². The molecule has 2 aliphatic rings. The first-order valence-electron chi connectivity index (χ1n) is 10.8. The van der Waals surface area contributed by atoms with Gasteiger partial charge in [0.2, 0.25) is 5.91 Å². The number of nitrogens with one attached hydrogen (secondary N) is 1. The van der Waals surface area contributed by atoms with Gasteiger partial charge in [0.15, 0.2) is 6.10 Å². The number of imidazole rings is 1. The predicted octanol–water partition coefficient (Wildman–Crippen LogP) is 2.79. The van der Waals surface area contributed by atoms with Gasteiger partial charge in [0.05, 0.1) is 13.7 Å². The van der Waals surface area contributed by atoms with Crippen LogP contribution in [-0.2, 0) is 26.5 Å². The van der Waals surface area contributed by atoms with Crippen LogP contribution >= 0.6 is 0 Å². The molecule has 2 amide bonds. The minimum atomic E-state index is -0.660. The first-order chi connectivity index (χ1) is 14.9. The summed E-state index contributed by atoms with van der Waals surface area (Å²) in [5.74, 6) is 1.82. The number of likely N-dealkylation sites (tertiary alicyclic amines) is 1. The van der Waals surface area contributed by atoms with Crippen LogP contribution in [0.1, 0.15) is 38.9 Å². The lowest BCUT2D eigenvalue weighted by atomic mass is 9.88. The van der Waals surface area contributed by atoms with Crippen LogP contribution in [-0.4, -0.2) is 52.6 Å². The van der Waals surface area contributed by atoms with E-state index in [1.165, 1.54) is 0 Å². The van der Waals surface area contributed by atoms with E-state index >= 15 is 0 Å². The second-order valence-electron chi connectivity index (χ2n) is 8.70. The number of hydrogen-bond donors (Lipinski definition) is 1. The van der Waals surface area contributed by atoms with Crippen LogP contribution < -0.4 is 10.1 Å². The highest BCUT2D eigenvalue weighted by atomic mass is 16.5. The van der Waals surface area contributed by atoms with E-state index < -0.39 is 11.7 Å². The Morgan fingerprint density at radius 1 is 1.32 bits per heavy atom. The summed E-state index contributed by atoms with van der Waals surface area (Å²) in [6.45, 7) is 5.71. The highest BCUT2D eigenvalue weighted by molar-refractivity contribution is 5.94. The summed E-state index contributed by atoms with van der Waals surface area (Å²) >= 11 is 0. The van der Waals surface area contributed by atoms with Crippen LogP contribution in [0, 0.1) is 5.92 Å². The first kappa shape index (κ1) is 21.4. The Bertz CT molecular complexity index is 947. The predicted molar refractivity (Wildman–Crippen MR) is 116 cm³/mol. The second-order valence-corrected chi connectivity index (χ2v) is 8.70. The highest BCUT2D eigenvalue weighted by Gasteiger charge is 2.47. The van der Waals surface area contributed by atoms with E-state index in [9.17, 15) is 9.59 Å². The summed E-state index contributed by atoms with van der Waals surface area (Å²) in [6.07, 6.45) is 4.79. The van der Waals surface area contributed by atoms with Crippen LogP contribution in [0.3, 0.4) is 0 Å². The van der Waals surface area contributed by atoms with Crippen molar-refractivity contribution in [2.75, 3.05) is 25.5 Å². The zero-order valence-corrected chi connectivity index (χ0v) is 18.3. The van der Waals surface area contributed by atoms with Crippen molar-refractivity contribution < 1.29 is 19.1 Å². The third-order valence-corrected chi connectivity index (χ3v) is 5.99. The summed E-state index contributed by atoms with van der Waals surface area (Å²) < 4.78 is 13.7. The standard InChI is InChI=1S/C23H30N4O4/c1-16(2)13-20(28)26-10-7-23(8-11-26)22-24-9-12-27(22)15-19(31-23)21(29)25-17-5-4-6-18(14-17)30-3/h4-6,9,12,14,16,19H,7-8,10-11,13,15H2,1-3H3,(H,25,29)/t19-/m1/s1. The van der Waals surface area contributed by atoms with E-state index in [1.807, 2.05) is 33.9 Å². The number of methoxy groups -OCH3 is 1. The average molecular weight is 427 g/mol. The van der Waals surface area contributed by atoms with Crippen molar-refractivity contribution >= 4 is 17.5 Å². The SMILES string of the molecule is COc1cccc(NC(=O)[C@H]2Cn3ccnc3C3(CCN(C(=O)CC(C)C)CC3)O2)c1. The molecule has 1 fully saturated rings. The molecule has 31 heavy (non-hydrogen) atoms. The van der Waals surface area contributed by atoms with Crippen LogP contribution in [0.5, 0.6) is 5.75 Å². The molecule has 0 radical (unpaired) electrons. The van der Waals surface area contributed by atoms with Gasteiger partial charge in [-0.3, -0.25) is 9.59 Å². The molecule has 1 aromatic heterocycles. The van der Waals surface area contributed by atoms with Crippen molar-refractivity contribution in [2.24, 2.45) is 5.92 Å². The van der Waals surface area contributed by atoms with Gasteiger partial charge in [0, 0.05) is 56.5 Å². The number of benzene rings is 1. The number of carbonyl (C=O) groups is 2. The number of nitrogens with zero attached hydrogens (tertiary/aromatic N) is 3. The average Bonchev–Trinajstić information content (AvgIpc) is 3.23. The Balaban J connectivity index is 1.48. The number of ether oxygens (including phenoxy) is 2. The Hall–Kier alpha value is -2.87. The minimum Gasteiger partial charge on any atom is -0.497 e. The lowest BCUT2D eigenvalue weighted by molar-refractivity contribution is -0.172. The topological polar surface area (TPSA) is 85.7 Å². The maximum absolute atomic E-state index is 13.0.